The lowest BCUT2D eigenvalue weighted by Gasteiger charge is -2.30. The fraction of sp³-hybridized carbons (Fsp3) is 0.714. The minimum Gasteiger partial charge on any atom is -0.339 e. The first-order valence-corrected chi connectivity index (χ1v) is 7.69. The molecule has 1 aliphatic heterocycles. The third-order valence-electron chi connectivity index (χ3n) is 3.85. The number of hydrogen-bond acceptors (Lipinski definition) is 8. The van der Waals surface area contributed by atoms with Crippen LogP contribution in [-0.4, -0.2) is 51.9 Å². The maximum absolute atomic E-state index is 5.34. The summed E-state index contributed by atoms with van der Waals surface area (Å²) in [6, 6.07) is 0.169. The van der Waals surface area contributed by atoms with Crippen LogP contribution in [0.5, 0.6) is 0 Å². The van der Waals surface area contributed by atoms with E-state index in [1.165, 1.54) is 0 Å². The fourth-order valence-electron chi connectivity index (χ4n) is 2.42. The summed E-state index contributed by atoms with van der Waals surface area (Å²) >= 11 is 0. The molecule has 0 aliphatic carbocycles. The monoisotopic (exact) mass is 342 g/mol. The average molecular weight is 343 g/mol. The molecule has 1 N–H and O–H groups in total. The molecule has 8 nitrogen and oxygen atoms in total. The van der Waals surface area contributed by atoms with E-state index < -0.39 is 0 Å². The van der Waals surface area contributed by atoms with E-state index in [4.69, 9.17) is 9.05 Å². The standard InChI is InChI=1S/C14H22N6O2.ClH/c1-9(2)13-16-11(21-18-13)4-5-12-17-14(19-22-12)10-8-15-6-7-20(10)3;/h9-10,15H,4-8H2,1-3H3;1H. The van der Waals surface area contributed by atoms with E-state index in [9.17, 15) is 0 Å². The Kier molecular flexibility index (Phi) is 6.09. The van der Waals surface area contributed by atoms with Crippen LogP contribution in [0.1, 0.15) is 49.2 Å². The number of halogens is 1. The van der Waals surface area contributed by atoms with E-state index >= 15 is 0 Å². The molecule has 1 atom stereocenters. The molecule has 0 radical (unpaired) electrons. The normalized spacial score (nSPS) is 19.0. The lowest BCUT2D eigenvalue weighted by molar-refractivity contribution is 0.190. The second-order valence-corrected chi connectivity index (χ2v) is 5.95. The Hall–Kier alpha value is -1.51. The lowest BCUT2D eigenvalue weighted by atomic mass is 10.2. The Bertz CT molecular complexity index is 614. The van der Waals surface area contributed by atoms with Gasteiger partial charge in [0.1, 0.15) is 0 Å². The minimum absolute atomic E-state index is 0. The molecule has 1 unspecified atom stereocenters. The van der Waals surface area contributed by atoms with E-state index in [2.05, 4.69) is 37.5 Å². The molecule has 2 aromatic rings. The number of aryl methyl sites for hydroxylation is 2. The van der Waals surface area contributed by atoms with Crippen LogP contribution in [0.4, 0.5) is 0 Å². The molecule has 2 aromatic heterocycles. The highest BCUT2D eigenvalue weighted by atomic mass is 35.5. The van der Waals surface area contributed by atoms with E-state index in [1.807, 2.05) is 13.8 Å². The largest absolute Gasteiger partial charge is 0.339 e. The van der Waals surface area contributed by atoms with Gasteiger partial charge in [-0.05, 0) is 7.05 Å². The number of likely N-dealkylation sites (N-methyl/N-ethyl adjacent to an activating group) is 1. The number of nitrogens with zero attached hydrogens (tertiary/aromatic N) is 5. The van der Waals surface area contributed by atoms with Gasteiger partial charge in [0.25, 0.3) is 0 Å². The van der Waals surface area contributed by atoms with Crippen LogP contribution in [0, 0.1) is 0 Å². The van der Waals surface area contributed by atoms with Crippen molar-refractivity contribution in [3.05, 3.63) is 23.4 Å². The summed E-state index contributed by atoms with van der Waals surface area (Å²) in [7, 11) is 2.08. The molecule has 23 heavy (non-hydrogen) atoms. The molecule has 3 rings (SSSR count). The predicted octanol–water partition coefficient (Wildman–Crippen LogP) is 1.36. The van der Waals surface area contributed by atoms with Crippen molar-refractivity contribution in [3.63, 3.8) is 0 Å². The summed E-state index contributed by atoms with van der Waals surface area (Å²) in [6.45, 7) is 6.89. The van der Waals surface area contributed by atoms with Crippen molar-refractivity contribution >= 4 is 12.4 Å². The zero-order valence-electron chi connectivity index (χ0n) is 13.7. The minimum atomic E-state index is 0. The van der Waals surface area contributed by atoms with Crippen molar-refractivity contribution in [1.29, 1.82) is 0 Å². The van der Waals surface area contributed by atoms with Crippen LogP contribution < -0.4 is 5.32 Å². The van der Waals surface area contributed by atoms with Gasteiger partial charge in [0.2, 0.25) is 11.8 Å². The van der Waals surface area contributed by atoms with Crippen molar-refractivity contribution in [3.8, 4) is 0 Å². The van der Waals surface area contributed by atoms with Gasteiger partial charge in [0, 0.05) is 38.4 Å². The Morgan fingerprint density at radius 1 is 1.17 bits per heavy atom. The number of nitrogens with one attached hydrogen (secondary N) is 1. The van der Waals surface area contributed by atoms with E-state index in [0.717, 1.165) is 31.3 Å². The maximum Gasteiger partial charge on any atom is 0.227 e. The molecule has 1 aliphatic rings. The zero-order chi connectivity index (χ0) is 15.5. The third kappa shape index (κ3) is 4.27. The number of aromatic nitrogens is 4. The van der Waals surface area contributed by atoms with Gasteiger partial charge in [-0.1, -0.05) is 24.2 Å². The van der Waals surface area contributed by atoms with Gasteiger partial charge in [0.15, 0.2) is 11.6 Å². The number of hydrogen-bond donors (Lipinski definition) is 1. The molecular weight excluding hydrogens is 320 g/mol. The summed E-state index contributed by atoms with van der Waals surface area (Å²) in [5.41, 5.74) is 0. The smallest absolute Gasteiger partial charge is 0.227 e. The maximum atomic E-state index is 5.34. The van der Waals surface area contributed by atoms with Crippen molar-refractivity contribution in [2.24, 2.45) is 0 Å². The lowest BCUT2D eigenvalue weighted by Crippen LogP contribution is -2.44. The Morgan fingerprint density at radius 2 is 1.87 bits per heavy atom. The summed E-state index contributed by atoms with van der Waals surface area (Å²) in [5, 5.41) is 11.4. The molecule has 1 fully saturated rings. The van der Waals surface area contributed by atoms with Crippen LogP contribution in [0.25, 0.3) is 0 Å². The van der Waals surface area contributed by atoms with Crippen LogP contribution in [0.3, 0.4) is 0 Å². The first-order valence-electron chi connectivity index (χ1n) is 7.69. The van der Waals surface area contributed by atoms with E-state index in [-0.39, 0.29) is 24.4 Å². The molecule has 1 saturated heterocycles. The van der Waals surface area contributed by atoms with Gasteiger partial charge in [-0.2, -0.15) is 9.97 Å². The van der Waals surface area contributed by atoms with E-state index in [1.54, 1.807) is 0 Å². The molecule has 0 amide bonds. The Morgan fingerprint density at radius 3 is 2.52 bits per heavy atom. The SMILES string of the molecule is CC(C)c1noc(CCc2nc(C3CNCCN3C)no2)n1.Cl. The van der Waals surface area contributed by atoms with Crippen molar-refractivity contribution in [2.75, 3.05) is 26.7 Å². The van der Waals surface area contributed by atoms with Crippen LogP contribution in [0.15, 0.2) is 9.05 Å². The summed E-state index contributed by atoms with van der Waals surface area (Å²) in [6.07, 6.45) is 1.22. The first kappa shape index (κ1) is 17.8. The van der Waals surface area contributed by atoms with Crippen LogP contribution in [0.2, 0.25) is 0 Å². The number of rotatable bonds is 5. The molecule has 0 spiro atoms. The Balaban J connectivity index is 0.00000192. The second-order valence-electron chi connectivity index (χ2n) is 5.95. The topological polar surface area (TPSA) is 93.1 Å². The zero-order valence-corrected chi connectivity index (χ0v) is 14.5. The van der Waals surface area contributed by atoms with Crippen LogP contribution in [-0.2, 0) is 12.8 Å². The molecule has 0 aromatic carbocycles. The second kappa shape index (κ2) is 7.85. The molecule has 128 valence electrons. The molecule has 0 saturated carbocycles. The highest BCUT2D eigenvalue weighted by Crippen LogP contribution is 2.18. The van der Waals surface area contributed by atoms with Crippen molar-refractivity contribution in [2.45, 2.75) is 38.6 Å². The van der Waals surface area contributed by atoms with Gasteiger partial charge < -0.3 is 14.4 Å². The predicted molar refractivity (Wildman–Crippen MR) is 85.6 cm³/mol. The van der Waals surface area contributed by atoms with Crippen LogP contribution >= 0.6 is 12.4 Å². The summed E-state index contributed by atoms with van der Waals surface area (Å²) < 4.78 is 10.6. The first-order chi connectivity index (χ1) is 10.6. The summed E-state index contributed by atoms with van der Waals surface area (Å²) in [5.74, 6) is 2.95. The highest BCUT2D eigenvalue weighted by Gasteiger charge is 2.25. The molecular formula is C14H23ClN6O2. The van der Waals surface area contributed by atoms with Gasteiger partial charge in [-0.25, -0.2) is 0 Å². The van der Waals surface area contributed by atoms with Crippen molar-refractivity contribution in [1.82, 2.24) is 30.5 Å². The van der Waals surface area contributed by atoms with Crippen molar-refractivity contribution < 1.29 is 9.05 Å². The fourth-order valence-corrected chi connectivity index (χ4v) is 2.42. The van der Waals surface area contributed by atoms with Gasteiger partial charge in [-0.15, -0.1) is 12.4 Å². The van der Waals surface area contributed by atoms with Gasteiger partial charge in [0.05, 0.1) is 6.04 Å². The number of piperazine rings is 1. The van der Waals surface area contributed by atoms with Gasteiger partial charge >= 0.3 is 0 Å². The quantitative estimate of drug-likeness (QED) is 0.870. The van der Waals surface area contributed by atoms with Gasteiger partial charge in [-0.3, -0.25) is 4.90 Å². The molecule has 9 heteroatoms. The molecule has 0 bridgehead atoms. The third-order valence-corrected chi connectivity index (χ3v) is 3.85. The summed E-state index contributed by atoms with van der Waals surface area (Å²) in [4.78, 5) is 11.1. The van der Waals surface area contributed by atoms with E-state index in [0.29, 0.717) is 24.6 Å². The average Bonchev–Trinajstić information content (AvgIpc) is 3.15. The molecule has 3 heterocycles. The highest BCUT2D eigenvalue weighted by molar-refractivity contribution is 5.85. The Labute approximate surface area is 141 Å².